The topological polar surface area (TPSA) is 99.8 Å². The van der Waals surface area contributed by atoms with Crippen LogP contribution in [0.15, 0.2) is 60.9 Å². The highest BCUT2D eigenvalue weighted by Gasteiger charge is 2.35. The number of ether oxygens (including phenoxy) is 1. The molecule has 2 unspecified atom stereocenters. The van der Waals surface area contributed by atoms with Gasteiger partial charge in [-0.25, -0.2) is 4.98 Å². The van der Waals surface area contributed by atoms with Gasteiger partial charge in [-0.3, -0.25) is 0 Å². The standard InChI is InChI=1S/C29H33N3O4/c1-19(34)29-30-12-13-32(29)26(16-33)11-4-20-2-5-21(6-3-20)22-7-9-23(10-8-22)24-14-25(15-24)31-27-17-36-18-28(27)35/h2-3,5-10,12-13,19,24-28,31,33-35H,14-18H2,1H3/t19?,24?,25?,26?,27-,28-/m0/s1. The molecular formula is C29H33N3O4. The van der Waals surface area contributed by atoms with Gasteiger partial charge in [-0.15, -0.1) is 0 Å². The van der Waals surface area contributed by atoms with Crippen LogP contribution in [0, 0.1) is 11.8 Å². The summed E-state index contributed by atoms with van der Waals surface area (Å²) in [6.07, 6.45) is 4.37. The van der Waals surface area contributed by atoms with Gasteiger partial charge in [0.05, 0.1) is 32.0 Å². The molecule has 4 N–H and O–H groups in total. The number of aliphatic hydroxyl groups excluding tert-OH is 3. The summed E-state index contributed by atoms with van der Waals surface area (Å²) >= 11 is 0. The van der Waals surface area contributed by atoms with Crippen LogP contribution in [0.5, 0.6) is 0 Å². The fraction of sp³-hybridized carbons (Fsp3) is 0.414. The third-order valence-electron chi connectivity index (χ3n) is 7.20. The lowest BCUT2D eigenvalue weighted by molar-refractivity contribution is 0.118. The van der Waals surface area contributed by atoms with E-state index < -0.39 is 18.2 Å². The minimum absolute atomic E-state index is 0.0631. The van der Waals surface area contributed by atoms with Gasteiger partial charge in [0.1, 0.15) is 18.0 Å². The largest absolute Gasteiger partial charge is 0.393 e. The van der Waals surface area contributed by atoms with Crippen molar-refractivity contribution in [3.8, 4) is 23.0 Å². The predicted molar refractivity (Wildman–Crippen MR) is 137 cm³/mol. The van der Waals surface area contributed by atoms with Crippen LogP contribution in [0.2, 0.25) is 0 Å². The predicted octanol–water partition coefficient (Wildman–Crippen LogP) is 2.78. The van der Waals surface area contributed by atoms with Crippen molar-refractivity contribution in [3.05, 3.63) is 77.9 Å². The first-order valence-corrected chi connectivity index (χ1v) is 12.6. The van der Waals surface area contributed by atoms with Crippen molar-refractivity contribution in [2.24, 2.45) is 0 Å². The first-order valence-electron chi connectivity index (χ1n) is 12.6. The molecule has 188 valence electrons. The number of aliphatic hydroxyl groups is 3. The zero-order chi connectivity index (χ0) is 25.1. The molecule has 1 aliphatic heterocycles. The van der Waals surface area contributed by atoms with Gasteiger partial charge in [-0.05, 0) is 54.5 Å². The number of nitrogens with one attached hydrogen (secondary N) is 1. The molecule has 0 radical (unpaired) electrons. The van der Waals surface area contributed by atoms with Crippen LogP contribution in [0.1, 0.15) is 54.8 Å². The Morgan fingerprint density at radius 2 is 1.78 bits per heavy atom. The molecule has 2 aromatic carbocycles. The van der Waals surface area contributed by atoms with Gasteiger partial charge in [0, 0.05) is 24.0 Å². The van der Waals surface area contributed by atoms with Crippen LogP contribution >= 0.6 is 0 Å². The van der Waals surface area contributed by atoms with Crippen molar-refractivity contribution >= 4 is 0 Å². The maximum Gasteiger partial charge on any atom is 0.138 e. The first kappa shape index (κ1) is 24.7. The minimum atomic E-state index is -0.732. The highest BCUT2D eigenvalue weighted by molar-refractivity contribution is 5.64. The minimum Gasteiger partial charge on any atom is -0.393 e. The monoisotopic (exact) mass is 487 g/mol. The molecule has 1 aromatic heterocycles. The summed E-state index contributed by atoms with van der Waals surface area (Å²) in [5.41, 5.74) is 4.50. The zero-order valence-electron chi connectivity index (χ0n) is 20.4. The second kappa shape index (κ2) is 11.0. The van der Waals surface area contributed by atoms with E-state index in [4.69, 9.17) is 4.74 Å². The Bertz CT molecular complexity index is 1200. The number of hydrogen-bond donors (Lipinski definition) is 4. The molecule has 1 saturated heterocycles. The van der Waals surface area contributed by atoms with Gasteiger partial charge >= 0.3 is 0 Å². The molecule has 0 amide bonds. The molecule has 1 saturated carbocycles. The molecular weight excluding hydrogens is 454 g/mol. The van der Waals surface area contributed by atoms with E-state index in [1.807, 2.05) is 12.1 Å². The second-order valence-corrected chi connectivity index (χ2v) is 9.78. The molecule has 7 nitrogen and oxygen atoms in total. The Morgan fingerprint density at radius 1 is 1.08 bits per heavy atom. The van der Waals surface area contributed by atoms with E-state index in [-0.39, 0.29) is 12.6 Å². The number of hydrogen-bond acceptors (Lipinski definition) is 6. The summed E-state index contributed by atoms with van der Waals surface area (Å²) in [7, 11) is 0. The molecule has 0 bridgehead atoms. The van der Waals surface area contributed by atoms with Crippen LogP contribution in [0.4, 0.5) is 0 Å². The van der Waals surface area contributed by atoms with E-state index in [0.29, 0.717) is 31.0 Å². The first-order chi connectivity index (χ1) is 17.5. The Labute approximate surface area is 211 Å². The van der Waals surface area contributed by atoms with Gasteiger partial charge < -0.3 is 29.9 Å². The van der Waals surface area contributed by atoms with Crippen molar-refractivity contribution < 1.29 is 20.1 Å². The average Bonchev–Trinajstić information content (AvgIpc) is 3.51. The van der Waals surface area contributed by atoms with E-state index in [1.54, 1.807) is 23.9 Å². The molecule has 3 aromatic rings. The molecule has 2 fully saturated rings. The fourth-order valence-corrected chi connectivity index (χ4v) is 5.01. The van der Waals surface area contributed by atoms with Crippen molar-refractivity contribution in [1.82, 2.24) is 14.9 Å². The molecule has 2 aliphatic rings. The summed E-state index contributed by atoms with van der Waals surface area (Å²) in [6, 6.07) is 16.9. The normalized spacial score (nSPS) is 25.0. The smallest absolute Gasteiger partial charge is 0.138 e. The highest BCUT2D eigenvalue weighted by Crippen LogP contribution is 2.38. The molecule has 5 rings (SSSR count). The number of nitrogens with zero attached hydrogens (tertiary/aromatic N) is 2. The molecule has 0 spiro atoms. The van der Waals surface area contributed by atoms with Gasteiger partial charge in [0.25, 0.3) is 0 Å². The van der Waals surface area contributed by atoms with Crippen LogP contribution in [-0.2, 0) is 4.74 Å². The van der Waals surface area contributed by atoms with Gasteiger partial charge in [-0.2, -0.15) is 0 Å². The van der Waals surface area contributed by atoms with Crippen LogP contribution in [-0.4, -0.2) is 62.9 Å². The van der Waals surface area contributed by atoms with Crippen molar-refractivity contribution in [2.45, 2.75) is 56.0 Å². The summed E-state index contributed by atoms with van der Waals surface area (Å²) in [4.78, 5) is 4.15. The fourth-order valence-electron chi connectivity index (χ4n) is 5.01. The van der Waals surface area contributed by atoms with Gasteiger partial charge in [-0.1, -0.05) is 48.2 Å². The summed E-state index contributed by atoms with van der Waals surface area (Å²) in [5.74, 6) is 7.26. The average molecular weight is 488 g/mol. The van der Waals surface area contributed by atoms with Gasteiger partial charge in [0.15, 0.2) is 0 Å². The molecule has 7 heteroatoms. The van der Waals surface area contributed by atoms with Crippen molar-refractivity contribution in [3.63, 3.8) is 0 Å². The molecule has 2 heterocycles. The van der Waals surface area contributed by atoms with Crippen molar-refractivity contribution in [2.75, 3.05) is 19.8 Å². The molecule has 4 atom stereocenters. The third-order valence-corrected chi connectivity index (χ3v) is 7.20. The van der Waals surface area contributed by atoms with E-state index in [2.05, 4.69) is 58.5 Å². The summed E-state index contributed by atoms with van der Waals surface area (Å²) in [5, 5.41) is 33.1. The van der Waals surface area contributed by atoms with Crippen LogP contribution in [0.25, 0.3) is 11.1 Å². The van der Waals surface area contributed by atoms with Crippen LogP contribution < -0.4 is 5.32 Å². The quantitative estimate of drug-likeness (QED) is 0.383. The SMILES string of the molecule is CC(O)c1nccn1C(C#Cc1ccc(-c2ccc(C3CC(N[C@H]4COC[C@@H]4O)C3)cc2)cc1)CO. The lowest BCUT2D eigenvalue weighted by Gasteiger charge is -2.38. The molecule has 36 heavy (non-hydrogen) atoms. The van der Waals surface area contributed by atoms with E-state index in [0.717, 1.165) is 29.5 Å². The Kier molecular flexibility index (Phi) is 7.51. The summed E-state index contributed by atoms with van der Waals surface area (Å²) in [6.45, 7) is 2.51. The highest BCUT2D eigenvalue weighted by atomic mass is 16.5. The van der Waals surface area contributed by atoms with E-state index >= 15 is 0 Å². The summed E-state index contributed by atoms with van der Waals surface area (Å²) < 4.78 is 7.04. The van der Waals surface area contributed by atoms with Crippen molar-refractivity contribution in [1.29, 1.82) is 0 Å². The number of benzene rings is 2. The maximum atomic E-state index is 9.91. The Morgan fingerprint density at radius 3 is 2.39 bits per heavy atom. The van der Waals surface area contributed by atoms with E-state index in [9.17, 15) is 15.3 Å². The van der Waals surface area contributed by atoms with E-state index in [1.165, 1.54) is 5.56 Å². The maximum absolute atomic E-state index is 9.91. The number of aromatic nitrogens is 2. The number of imidazole rings is 1. The second-order valence-electron chi connectivity index (χ2n) is 9.78. The number of rotatable bonds is 7. The Balaban J connectivity index is 1.18. The van der Waals surface area contributed by atoms with Gasteiger partial charge in [0.2, 0.25) is 0 Å². The lowest BCUT2D eigenvalue weighted by Crippen LogP contribution is -2.49. The lowest BCUT2D eigenvalue weighted by atomic mass is 9.75. The van der Waals surface area contributed by atoms with Crippen LogP contribution in [0.3, 0.4) is 0 Å². The Hall–Kier alpha value is -2.99. The molecule has 1 aliphatic carbocycles. The third kappa shape index (κ3) is 5.39. The zero-order valence-corrected chi connectivity index (χ0v) is 20.4.